The molecule has 1 aliphatic rings. The quantitative estimate of drug-likeness (QED) is 0.315. The van der Waals surface area contributed by atoms with Gasteiger partial charge in [-0.3, -0.25) is 25.0 Å². The molecule has 0 atom stereocenters. The van der Waals surface area contributed by atoms with E-state index in [2.05, 4.69) is 4.42 Å². The van der Waals surface area contributed by atoms with Crippen molar-refractivity contribution in [2.24, 2.45) is 5.92 Å². The highest BCUT2D eigenvalue weighted by Gasteiger charge is 2.18. The van der Waals surface area contributed by atoms with Gasteiger partial charge in [0, 0.05) is 38.1 Å². The molecule has 0 bridgehead atoms. The molecule has 35 heavy (non-hydrogen) atoms. The molecule has 1 saturated heterocycles. The highest BCUT2D eigenvalue weighted by atomic mass is 16.6. The average molecular weight is 479 g/mol. The lowest BCUT2D eigenvalue weighted by Crippen LogP contribution is -2.27. The number of nitro benzene ring substituents is 2. The summed E-state index contributed by atoms with van der Waals surface area (Å²) >= 11 is 0. The molecule has 11 heteroatoms. The number of rotatable bonds is 4. The van der Waals surface area contributed by atoms with Gasteiger partial charge in [-0.05, 0) is 43.0 Å². The van der Waals surface area contributed by atoms with Gasteiger partial charge in [-0.25, -0.2) is 4.79 Å². The minimum absolute atomic E-state index is 0.0252. The SMILES string of the molecule is O=c1c2cccc([N+](=O)[O-])c2ccn1CC1CCOCC1.O=c1occc2c([N+](=O)[O-])cccc12. The molecule has 0 spiro atoms. The van der Waals surface area contributed by atoms with Gasteiger partial charge in [-0.2, -0.15) is 0 Å². The van der Waals surface area contributed by atoms with Crippen LogP contribution >= 0.6 is 0 Å². The van der Waals surface area contributed by atoms with Gasteiger partial charge in [0.05, 0.1) is 37.7 Å². The van der Waals surface area contributed by atoms with Crippen LogP contribution in [0.5, 0.6) is 0 Å². The molecule has 3 heterocycles. The summed E-state index contributed by atoms with van der Waals surface area (Å²) in [5.74, 6) is 0.424. The number of benzene rings is 2. The lowest BCUT2D eigenvalue weighted by atomic mass is 10.00. The lowest BCUT2D eigenvalue weighted by Gasteiger charge is -2.22. The van der Waals surface area contributed by atoms with E-state index in [0.717, 1.165) is 32.3 Å². The van der Waals surface area contributed by atoms with Crippen LogP contribution in [0.15, 0.2) is 75.0 Å². The standard InChI is InChI=1S/C15H16N2O4.C9H5NO4/c18-15-13-2-1-3-14(17(19)20)12(13)4-7-16(15)10-11-5-8-21-9-6-11;11-9-7-2-1-3-8(10(12)13)6(7)4-5-14-9/h1-4,7,11H,5-6,8-10H2;1-5H. The van der Waals surface area contributed by atoms with Crippen molar-refractivity contribution >= 4 is 32.9 Å². The summed E-state index contributed by atoms with van der Waals surface area (Å²) in [7, 11) is 0. The highest BCUT2D eigenvalue weighted by molar-refractivity contribution is 5.90. The largest absolute Gasteiger partial charge is 0.431 e. The first-order valence-electron chi connectivity index (χ1n) is 10.9. The fourth-order valence-corrected chi connectivity index (χ4v) is 4.10. The van der Waals surface area contributed by atoms with Gasteiger partial charge >= 0.3 is 5.63 Å². The zero-order chi connectivity index (χ0) is 24.9. The summed E-state index contributed by atoms with van der Waals surface area (Å²) in [6.45, 7) is 2.11. The minimum atomic E-state index is -0.564. The van der Waals surface area contributed by atoms with E-state index in [0.29, 0.717) is 28.6 Å². The lowest BCUT2D eigenvalue weighted by molar-refractivity contribution is -0.383. The van der Waals surface area contributed by atoms with E-state index < -0.39 is 15.5 Å². The minimum Gasteiger partial charge on any atom is -0.431 e. The van der Waals surface area contributed by atoms with Gasteiger partial charge in [0.25, 0.3) is 16.9 Å². The fraction of sp³-hybridized carbons (Fsp3) is 0.250. The Labute approximate surface area is 197 Å². The molecule has 1 aliphatic heterocycles. The number of hydrogen-bond donors (Lipinski definition) is 0. The van der Waals surface area contributed by atoms with Crippen LogP contribution in [0.2, 0.25) is 0 Å². The second-order valence-corrected chi connectivity index (χ2v) is 8.03. The monoisotopic (exact) mass is 479 g/mol. The Bertz CT molecular complexity index is 1520. The van der Waals surface area contributed by atoms with E-state index in [4.69, 9.17) is 4.74 Å². The molecule has 0 N–H and O–H groups in total. The van der Waals surface area contributed by atoms with E-state index in [1.807, 2.05) is 0 Å². The van der Waals surface area contributed by atoms with Crippen molar-refractivity contribution in [3.8, 4) is 0 Å². The number of ether oxygens (including phenoxy) is 1. The van der Waals surface area contributed by atoms with Crippen molar-refractivity contribution in [1.29, 1.82) is 0 Å². The number of nitro groups is 2. The van der Waals surface area contributed by atoms with Gasteiger partial charge in [0.1, 0.15) is 0 Å². The maximum atomic E-state index is 12.5. The Morgan fingerprint density at radius 1 is 0.829 bits per heavy atom. The molecule has 0 amide bonds. The van der Waals surface area contributed by atoms with E-state index in [9.17, 15) is 29.8 Å². The normalized spacial score (nSPS) is 13.8. The molecule has 1 fully saturated rings. The van der Waals surface area contributed by atoms with E-state index >= 15 is 0 Å². The van der Waals surface area contributed by atoms with Crippen LogP contribution in [0.3, 0.4) is 0 Å². The average Bonchev–Trinajstić information content (AvgIpc) is 2.86. The van der Waals surface area contributed by atoms with Crippen molar-refractivity contribution in [2.45, 2.75) is 19.4 Å². The number of fused-ring (bicyclic) bond motifs is 2. The zero-order valence-corrected chi connectivity index (χ0v) is 18.5. The first kappa shape index (κ1) is 23.8. The third-order valence-corrected chi connectivity index (χ3v) is 5.90. The number of pyridine rings is 1. The summed E-state index contributed by atoms with van der Waals surface area (Å²) in [5, 5.41) is 22.9. The van der Waals surface area contributed by atoms with Crippen molar-refractivity contribution in [3.63, 3.8) is 0 Å². The van der Waals surface area contributed by atoms with Crippen LogP contribution in [0.25, 0.3) is 21.5 Å². The molecule has 2 aromatic heterocycles. The van der Waals surface area contributed by atoms with Crippen molar-refractivity contribution in [3.05, 3.63) is 102 Å². The van der Waals surface area contributed by atoms with Crippen molar-refractivity contribution in [1.82, 2.24) is 4.57 Å². The molecular formula is C24H21N3O8. The summed E-state index contributed by atoms with van der Waals surface area (Å²) < 4.78 is 11.6. The van der Waals surface area contributed by atoms with Crippen LogP contribution in [0.1, 0.15) is 12.8 Å². The van der Waals surface area contributed by atoms with Crippen molar-refractivity contribution in [2.75, 3.05) is 13.2 Å². The van der Waals surface area contributed by atoms with E-state index in [1.165, 1.54) is 30.3 Å². The second kappa shape index (κ2) is 10.3. The Kier molecular flexibility index (Phi) is 6.97. The second-order valence-electron chi connectivity index (χ2n) is 8.03. The maximum Gasteiger partial charge on any atom is 0.343 e. The molecule has 2 aromatic carbocycles. The summed E-state index contributed by atoms with van der Waals surface area (Å²) in [6, 6.07) is 12.0. The number of hydrogen-bond acceptors (Lipinski definition) is 8. The van der Waals surface area contributed by atoms with Gasteiger partial charge in [-0.1, -0.05) is 12.1 Å². The molecule has 0 radical (unpaired) electrons. The van der Waals surface area contributed by atoms with Crippen LogP contribution in [0, 0.1) is 26.1 Å². The predicted molar refractivity (Wildman–Crippen MR) is 128 cm³/mol. The van der Waals surface area contributed by atoms with Crippen LogP contribution in [-0.2, 0) is 11.3 Å². The van der Waals surface area contributed by atoms with Crippen LogP contribution < -0.4 is 11.2 Å². The highest BCUT2D eigenvalue weighted by Crippen LogP contribution is 2.24. The third-order valence-electron chi connectivity index (χ3n) is 5.90. The first-order valence-corrected chi connectivity index (χ1v) is 10.9. The Morgan fingerprint density at radius 3 is 2.06 bits per heavy atom. The van der Waals surface area contributed by atoms with Crippen LogP contribution in [0.4, 0.5) is 11.4 Å². The Balaban J connectivity index is 0.000000179. The number of aromatic nitrogens is 1. The zero-order valence-electron chi connectivity index (χ0n) is 18.5. The molecule has 4 aromatic rings. The molecular weight excluding hydrogens is 458 g/mol. The molecule has 5 rings (SSSR count). The fourth-order valence-electron chi connectivity index (χ4n) is 4.10. The summed E-state index contributed by atoms with van der Waals surface area (Å²) in [6.07, 6.45) is 4.70. The smallest absolute Gasteiger partial charge is 0.343 e. The molecule has 0 aliphatic carbocycles. The Morgan fingerprint density at radius 2 is 1.43 bits per heavy atom. The molecule has 0 saturated carbocycles. The molecule has 11 nitrogen and oxygen atoms in total. The van der Waals surface area contributed by atoms with Gasteiger partial charge < -0.3 is 13.7 Å². The van der Waals surface area contributed by atoms with Gasteiger partial charge in [0.15, 0.2) is 0 Å². The molecule has 0 unspecified atom stereocenters. The topological polar surface area (TPSA) is 148 Å². The number of non-ortho nitro benzene ring substituents is 2. The number of nitrogens with zero attached hydrogens (tertiary/aromatic N) is 3. The Hall–Kier alpha value is -4.38. The molecule has 180 valence electrons. The van der Waals surface area contributed by atoms with Gasteiger partial charge in [0.2, 0.25) is 0 Å². The third kappa shape index (κ3) is 5.09. The summed E-state index contributed by atoms with van der Waals surface area (Å²) in [5.41, 5.74) is -0.841. The van der Waals surface area contributed by atoms with E-state index in [1.54, 1.807) is 29.0 Å². The van der Waals surface area contributed by atoms with E-state index in [-0.39, 0.29) is 22.3 Å². The predicted octanol–water partition coefficient (Wildman–Crippen LogP) is 4.04. The summed E-state index contributed by atoms with van der Waals surface area (Å²) in [4.78, 5) is 44.3. The maximum absolute atomic E-state index is 12.5. The van der Waals surface area contributed by atoms with Gasteiger partial charge in [-0.15, -0.1) is 0 Å². The van der Waals surface area contributed by atoms with Crippen molar-refractivity contribution < 1.29 is 19.0 Å². The van der Waals surface area contributed by atoms with Crippen LogP contribution in [-0.4, -0.2) is 27.6 Å². The first-order chi connectivity index (χ1) is 16.9.